The fourth-order valence-corrected chi connectivity index (χ4v) is 3.18. The van der Waals surface area contributed by atoms with Gasteiger partial charge < -0.3 is 15.3 Å². The van der Waals surface area contributed by atoms with Crippen LogP contribution in [0, 0.1) is 5.82 Å². The van der Waals surface area contributed by atoms with Gasteiger partial charge in [-0.2, -0.15) is 0 Å². The van der Waals surface area contributed by atoms with Crippen molar-refractivity contribution in [1.29, 1.82) is 0 Å². The lowest BCUT2D eigenvalue weighted by atomic mass is 9.84. The zero-order chi connectivity index (χ0) is 17.0. The Morgan fingerprint density at radius 3 is 2.83 bits per heavy atom. The van der Waals surface area contributed by atoms with Gasteiger partial charge >= 0.3 is 0 Å². The largest absolute Gasteiger partial charge is 0.391 e. The molecule has 0 unspecified atom stereocenters. The third-order valence-corrected chi connectivity index (χ3v) is 4.39. The summed E-state index contributed by atoms with van der Waals surface area (Å²) in [5.41, 5.74) is 0.561. The van der Waals surface area contributed by atoms with Crippen LogP contribution in [0.1, 0.15) is 32.8 Å². The van der Waals surface area contributed by atoms with Gasteiger partial charge in [0.25, 0.3) is 0 Å². The lowest BCUT2D eigenvalue weighted by Gasteiger charge is -2.27. The van der Waals surface area contributed by atoms with Gasteiger partial charge in [-0.15, -0.1) is 0 Å². The van der Waals surface area contributed by atoms with Crippen molar-refractivity contribution in [1.82, 2.24) is 10.2 Å². The first-order valence-corrected chi connectivity index (χ1v) is 8.38. The number of halogens is 2. The van der Waals surface area contributed by atoms with Crippen molar-refractivity contribution >= 4 is 17.6 Å². The third-order valence-electron chi connectivity index (χ3n) is 4.08. The maximum atomic E-state index is 13.2. The normalized spacial score (nSPS) is 19.3. The molecule has 1 aromatic carbocycles. The minimum absolute atomic E-state index is 0.293. The predicted octanol–water partition coefficient (Wildman–Crippen LogP) is 2.79. The van der Waals surface area contributed by atoms with Crippen molar-refractivity contribution in [2.24, 2.45) is 4.99 Å². The van der Waals surface area contributed by atoms with E-state index in [0.717, 1.165) is 31.0 Å². The minimum Gasteiger partial charge on any atom is -0.391 e. The van der Waals surface area contributed by atoms with E-state index in [4.69, 9.17) is 16.6 Å². The van der Waals surface area contributed by atoms with Gasteiger partial charge in [0.05, 0.1) is 12.6 Å². The summed E-state index contributed by atoms with van der Waals surface area (Å²) in [5, 5.41) is 13.4. The number of hydrogen-bond donors (Lipinski definition) is 2. The van der Waals surface area contributed by atoms with Crippen molar-refractivity contribution in [3.63, 3.8) is 0 Å². The summed E-state index contributed by atoms with van der Waals surface area (Å²) in [6, 6.07) is 4.48. The first-order chi connectivity index (χ1) is 10.8. The number of rotatable bonds is 4. The Bertz CT molecular complexity index is 577. The van der Waals surface area contributed by atoms with E-state index >= 15 is 0 Å². The molecule has 1 aliphatic rings. The molecule has 0 aliphatic carbocycles. The van der Waals surface area contributed by atoms with E-state index in [2.05, 4.69) is 10.2 Å². The SMILES string of the molecule is CCNC(=NCC(C)(C)c1ccc(F)cc1Cl)N1CC[C@@H](O)C1. The van der Waals surface area contributed by atoms with Crippen LogP contribution >= 0.6 is 11.6 Å². The highest BCUT2D eigenvalue weighted by Gasteiger charge is 2.26. The van der Waals surface area contributed by atoms with E-state index in [1.807, 2.05) is 20.8 Å². The van der Waals surface area contributed by atoms with Crippen LogP contribution in [0.3, 0.4) is 0 Å². The average molecular weight is 342 g/mol. The van der Waals surface area contributed by atoms with Crippen molar-refractivity contribution in [3.05, 3.63) is 34.6 Å². The Labute approximate surface area is 142 Å². The van der Waals surface area contributed by atoms with Crippen molar-refractivity contribution in [2.75, 3.05) is 26.2 Å². The molecule has 23 heavy (non-hydrogen) atoms. The van der Waals surface area contributed by atoms with Crippen LogP contribution in [0.4, 0.5) is 4.39 Å². The van der Waals surface area contributed by atoms with E-state index in [1.54, 1.807) is 6.07 Å². The van der Waals surface area contributed by atoms with Crippen molar-refractivity contribution in [2.45, 2.75) is 38.7 Å². The van der Waals surface area contributed by atoms with E-state index in [-0.39, 0.29) is 17.3 Å². The van der Waals surface area contributed by atoms with Crippen LogP contribution in [0.15, 0.2) is 23.2 Å². The molecule has 0 amide bonds. The first kappa shape index (κ1) is 18.0. The Kier molecular flexibility index (Phi) is 5.87. The quantitative estimate of drug-likeness (QED) is 0.654. The van der Waals surface area contributed by atoms with Gasteiger partial charge in [-0.25, -0.2) is 4.39 Å². The molecule has 1 heterocycles. The number of likely N-dealkylation sites (tertiary alicyclic amines) is 1. The molecule has 1 saturated heterocycles. The average Bonchev–Trinajstić information content (AvgIpc) is 2.89. The second-order valence-corrected chi connectivity index (χ2v) is 6.97. The lowest BCUT2D eigenvalue weighted by molar-refractivity contribution is 0.187. The van der Waals surface area contributed by atoms with Gasteiger partial charge in [0.1, 0.15) is 5.82 Å². The molecule has 0 spiro atoms. The number of β-amino-alcohol motifs (C(OH)–C–C–N with tert-alkyl or cyclic N) is 1. The topological polar surface area (TPSA) is 47.9 Å². The molecule has 0 radical (unpaired) electrons. The van der Waals surface area contributed by atoms with Crippen LogP contribution in [0.2, 0.25) is 5.02 Å². The summed E-state index contributed by atoms with van der Waals surface area (Å²) in [4.78, 5) is 6.78. The van der Waals surface area contributed by atoms with Gasteiger partial charge in [-0.3, -0.25) is 4.99 Å². The van der Waals surface area contributed by atoms with Gasteiger partial charge in [0.2, 0.25) is 0 Å². The number of nitrogens with one attached hydrogen (secondary N) is 1. The highest BCUT2D eigenvalue weighted by molar-refractivity contribution is 6.31. The Hall–Kier alpha value is -1.33. The molecular weight excluding hydrogens is 317 g/mol. The molecule has 1 fully saturated rings. The molecule has 1 atom stereocenters. The number of guanidine groups is 1. The molecule has 128 valence electrons. The third kappa shape index (κ3) is 4.58. The summed E-state index contributed by atoms with van der Waals surface area (Å²) in [7, 11) is 0. The minimum atomic E-state index is -0.336. The molecule has 1 aliphatic heterocycles. The fourth-order valence-electron chi connectivity index (χ4n) is 2.76. The van der Waals surface area contributed by atoms with Gasteiger partial charge in [0.15, 0.2) is 5.96 Å². The smallest absolute Gasteiger partial charge is 0.194 e. The number of benzene rings is 1. The number of aliphatic imine (C=N–C) groups is 1. The number of hydrogen-bond acceptors (Lipinski definition) is 2. The summed E-state index contributed by atoms with van der Waals surface area (Å²) in [6.45, 7) is 8.78. The van der Waals surface area contributed by atoms with Crippen LogP contribution in [-0.4, -0.2) is 48.2 Å². The van der Waals surface area contributed by atoms with Gasteiger partial charge in [-0.05, 0) is 31.0 Å². The van der Waals surface area contributed by atoms with E-state index in [9.17, 15) is 9.50 Å². The standard InChI is InChI=1S/C17H25ClFN3O/c1-4-20-16(22-8-7-13(23)10-22)21-11-17(2,3)14-6-5-12(19)9-15(14)18/h5-6,9,13,23H,4,7-8,10-11H2,1-3H3,(H,20,21)/t13-/m1/s1. The van der Waals surface area contributed by atoms with Crippen LogP contribution in [-0.2, 0) is 5.41 Å². The molecule has 4 nitrogen and oxygen atoms in total. The van der Waals surface area contributed by atoms with Crippen molar-refractivity contribution < 1.29 is 9.50 Å². The zero-order valence-electron chi connectivity index (χ0n) is 13.9. The molecule has 6 heteroatoms. The van der Waals surface area contributed by atoms with Gasteiger partial charge in [0, 0.05) is 30.1 Å². The number of aliphatic hydroxyl groups excluding tert-OH is 1. The molecule has 0 bridgehead atoms. The summed E-state index contributed by atoms with van der Waals surface area (Å²) in [6.07, 6.45) is 0.468. The molecule has 0 aromatic heterocycles. The summed E-state index contributed by atoms with van der Waals surface area (Å²) < 4.78 is 13.2. The van der Waals surface area contributed by atoms with Crippen LogP contribution in [0.5, 0.6) is 0 Å². The molecular formula is C17H25ClFN3O. The number of nitrogens with zero attached hydrogens (tertiary/aromatic N) is 2. The van der Waals surface area contributed by atoms with E-state index in [1.165, 1.54) is 12.1 Å². The molecule has 1 aromatic rings. The zero-order valence-corrected chi connectivity index (χ0v) is 14.7. The van der Waals surface area contributed by atoms with Crippen LogP contribution in [0.25, 0.3) is 0 Å². The highest BCUT2D eigenvalue weighted by Crippen LogP contribution is 2.30. The predicted molar refractivity (Wildman–Crippen MR) is 92.6 cm³/mol. The van der Waals surface area contributed by atoms with Crippen LogP contribution < -0.4 is 5.32 Å². The van der Waals surface area contributed by atoms with E-state index in [0.29, 0.717) is 18.1 Å². The van der Waals surface area contributed by atoms with Gasteiger partial charge in [-0.1, -0.05) is 31.5 Å². The highest BCUT2D eigenvalue weighted by atomic mass is 35.5. The maximum absolute atomic E-state index is 13.2. The second kappa shape index (κ2) is 7.49. The van der Waals surface area contributed by atoms with Crippen molar-refractivity contribution in [3.8, 4) is 0 Å². The Morgan fingerprint density at radius 2 is 2.26 bits per heavy atom. The fraction of sp³-hybridized carbons (Fsp3) is 0.588. The first-order valence-electron chi connectivity index (χ1n) is 8.00. The Morgan fingerprint density at radius 1 is 1.52 bits per heavy atom. The number of aliphatic hydroxyl groups is 1. The Balaban J connectivity index is 2.16. The molecule has 2 N–H and O–H groups in total. The maximum Gasteiger partial charge on any atom is 0.194 e. The molecule has 0 saturated carbocycles. The second-order valence-electron chi connectivity index (χ2n) is 6.57. The summed E-state index contributed by atoms with van der Waals surface area (Å²) >= 11 is 6.19. The lowest BCUT2D eigenvalue weighted by Crippen LogP contribution is -2.41. The summed E-state index contributed by atoms with van der Waals surface area (Å²) in [5.74, 6) is 0.466. The monoisotopic (exact) mass is 341 g/mol. The molecule has 2 rings (SSSR count). The van der Waals surface area contributed by atoms with E-state index < -0.39 is 0 Å².